The van der Waals surface area contributed by atoms with Gasteiger partial charge in [0, 0.05) is 5.56 Å². The first-order chi connectivity index (χ1) is 11.7. The summed E-state index contributed by atoms with van der Waals surface area (Å²) in [6.45, 7) is 0. The maximum atomic E-state index is 12.6. The topological polar surface area (TPSA) is 70.0 Å². The van der Waals surface area contributed by atoms with Crippen molar-refractivity contribution in [2.75, 3.05) is 12.0 Å². The molecule has 0 saturated heterocycles. The number of anilines is 1. The zero-order valence-corrected chi connectivity index (χ0v) is 13.5. The summed E-state index contributed by atoms with van der Waals surface area (Å²) in [7, 11) is 1.35. The van der Waals surface area contributed by atoms with Crippen LogP contribution in [0.15, 0.2) is 42.5 Å². The van der Waals surface area contributed by atoms with Crippen molar-refractivity contribution in [1.82, 2.24) is 0 Å². The molecule has 0 radical (unpaired) electrons. The molecule has 1 unspecified atom stereocenters. The van der Waals surface area contributed by atoms with Gasteiger partial charge in [0.2, 0.25) is 0 Å². The van der Waals surface area contributed by atoms with Gasteiger partial charge < -0.3 is 14.9 Å². The normalized spacial score (nSPS) is 12.6. The van der Waals surface area contributed by atoms with Gasteiger partial charge in [-0.2, -0.15) is 13.2 Å². The Morgan fingerprint density at radius 2 is 1.80 bits per heavy atom. The summed E-state index contributed by atoms with van der Waals surface area (Å²) in [6.07, 6.45) is -7.86. The van der Waals surface area contributed by atoms with E-state index in [1.807, 2.05) is 0 Å². The van der Waals surface area contributed by atoms with E-state index in [9.17, 15) is 28.2 Å². The molecular weight excluding hydrogens is 363 g/mol. The molecule has 25 heavy (non-hydrogen) atoms. The van der Waals surface area contributed by atoms with Crippen LogP contribution in [0.1, 0.15) is 17.4 Å². The third-order valence-electron chi connectivity index (χ3n) is 3.41. The summed E-state index contributed by atoms with van der Waals surface area (Å²) in [5.74, 6) is 0.218. The molecule has 0 bridgehead atoms. The number of methoxy groups -OCH3 is 1. The Hall–Kier alpha value is -2.45. The zero-order valence-electron chi connectivity index (χ0n) is 12.8. The van der Waals surface area contributed by atoms with Gasteiger partial charge in [0.05, 0.1) is 23.4 Å². The van der Waals surface area contributed by atoms with Crippen LogP contribution in [0.4, 0.5) is 23.7 Å². The summed E-state index contributed by atoms with van der Waals surface area (Å²) in [5.41, 5.74) is -1.05. The Bertz CT molecular complexity index is 765. The molecule has 0 spiro atoms. The van der Waals surface area contributed by atoms with Crippen LogP contribution in [-0.2, 0) is 6.18 Å². The monoisotopic (exact) mass is 375 g/mol. The first-order valence-electron chi connectivity index (χ1n) is 6.86. The van der Waals surface area contributed by atoms with Crippen molar-refractivity contribution in [3.63, 3.8) is 0 Å². The van der Waals surface area contributed by atoms with E-state index in [0.717, 1.165) is 24.3 Å². The first-order valence-corrected chi connectivity index (χ1v) is 7.24. The molecular formula is C16H13ClF3NO4. The molecule has 0 aromatic heterocycles. The van der Waals surface area contributed by atoms with Crippen LogP contribution < -0.4 is 9.64 Å². The Morgan fingerprint density at radius 1 is 1.20 bits per heavy atom. The van der Waals surface area contributed by atoms with E-state index in [2.05, 4.69) is 0 Å². The van der Waals surface area contributed by atoms with E-state index < -0.39 is 24.1 Å². The summed E-state index contributed by atoms with van der Waals surface area (Å²) in [6, 6.07) is 7.76. The second-order valence-electron chi connectivity index (χ2n) is 4.93. The van der Waals surface area contributed by atoms with Gasteiger partial charge in [-0.05, 0) is 30.3 Å². The molecule has 2 aromatic rings. The SMILES string of the molecule is COc1cccc(C(O)N(C(=O)O)c2ccc(C(F)(F)F)cc2)c1Cl. The van der Waals surface area contributed by atoms with Gasteiger partial charge in [-0.1, -0.05) is 23.7 Å². The molecule has 0 aliphatic rings. The lowest BCUT2D eigenvalue weighted by molar-refractivity contribution is -0.137. The summed E-state index contributed by atoms with van der Waals surface area (Å²) < 4.78 is 42.9. The van der Waals surface area contributed by atoms with Crippen LogP contribution in [0, 0.1) is 0 Å². The van der Waals surface area contributed by atoms with Gasteiger partial charge in [0.25, 0.3) is 0 Å². The number of hydrogen-bond donors (Lipinski definition) is 2. The first kappa shape index (κ1) is 18.9. The summed E-state index contributed by atoms with van der Waals surface area (Å²) in [4.78, 5) is 12.0. The lowest BCUT2D eigenvalue weighted by Crippen LogP contribution is -2.33. The number of aliphatic hydroxyl groups excluding tert-OH is 1. The minimum absolute atomic E-state index is 0.00402. The maximum absolute atomic E-state index is 12.6. The lowest BCUT2D eigenvalue weighted by Gasteiger charge is -2.26. The lowest BCUT2D eigenvalue weighted by atomic mass is 10.1. The smallest absolute Gasteiger partial charge is 0.416 e. The number of hydrogen-bond acceptors (Lipinski definition) is 3. The minimum Gasteiger partial charge on any atom is -0.495 e. The van der Waals surface area contributed by atoms with Crippen LogP contribution in [-0.4, -0.2) is 23.4 Å². The molecule has 1 amide bonds. The molecule has 9 heteroatoms. The van der Waals surface area contributed by atoms with Gasteiger partial charge in [-0.15, -0.1) is 0 Å². The van der Waals surface area contributed by atoms with E-state index >= 15 is 0 Å². The Balaban J connectivity index is 2.43. The molecule has 0 aliphatic carbocycles. The van der Waals surface area contributed by atoms with Crippen molar-refractivity contribution < 1.29 is 32.9 Å². The van der Waals surface area contributed by atoms with Crippen molar-refractivity contribution in [2.45, 2.75) is 12.4 Å². The Labute approximate surface area is 145 Å². The van der Waals surface area contributed by atoms with Gasteiger partial charge in [-0.25, -0.2) is 9.69 Å². The predicted octanol–water partition coefficient (Wildman–Crippen LogP) is 4.54. The van der Waals surface area contributed by atoms with E-state index in [1.54, 1.807) is 0 Å². The molecule has 0 fully saturated rings. The minimum atomic E-state index is -4.55. The Morgan fingerprint density at radius 3 is 2.28 bits per heavy atom. The van der Waals surface area contributed by atoms with E-state index in [-0.39, 0.29) is 22.0 Å². The fourth-order valence-electron chi connectivity index (χ4n) is 2.19. The molecule has 2 aromatic carbocycles. The third kappa shape index (κ3) is 3.97. The quantitative estimate of drug-likeness (QED) is 0.769. The second kappa shape index (κ2) is 7.20. The third-order valence-corrected chi connectivity index (χ3v) is 3.82. The van der Waals surface area contributed by atoms with Crippen LogP contribution in [0.25, 0.3) is 0 Å². The highest BCUT2D eigenvalue weighted by Gasteiger charge is 2.32. The molecule has 2 rings (SSSR count). The highest BCUT2D eigenvalue weighted by molar-refractivity contribution is 6.33. The highest BCUT2D eigenvalue weighted by atomic mass is 35.5. The molecule has 2 N–H and O–H groups in total. The van der Waals surface area contributed by atoms with Crippen molar-refractivity contribution in [1.29, 1.82) is 0 Å². The van der Waals surface area contributed by atoms with Gasteiger partial charge in [0.15, 0.2) is 6.23 Å². The number of rotatable bonds is 4. The number of halogens is 4. The molecule has 0 saturated carbocycles. The van der Waals surface area contributed by atoms with E-state index in [0.29, 0.717) is 4.90 Å². The largest absolute Gasteiger partial charge is 0.495 e. The number of benzene rings is 2. The molecule has 1 atom stereocenters. The fourth-order valence-corrected chi connectivity index (χ4v) is 2.49. The number of carbonyl (C=O) groups is 1. The Kier molecular flexibility index (Phi) is 5.44. The standard InChI is InChI=1S/C16H13ClF3NO4/c1-25-12-4-2-3-11(13(12)17)14(22)21(15(23)24)10-7-5-9(6-8-10)16(18,19)20/h2-8,14,22H,1H3,(H,23,24). The van der Waals surface area contributed by atoms with Gasteiger partial charge >= 0.3 is 12.3 Å². The molecule has 0 heterocycles. The fraction of sp³-hybridized carbons (Fsp3) is 0.188. The number of ether oxygens (including phenoxy) is 1. The van der Waals surface area contributed by atoms with Crippen LogP contribution in [0.3, 0.4) is 0 Å². The average molecular weight is 376 g/mol. The zero-order chi connectivity index (χ0) is 18.8. The molecule has 0 aliphatic heterocycles. The van der Waals surface area contributed by atoms with Gasteiger partial charge in [0.1, 0.15) is 5.75 Å². The van der Waals surface area contributed by atoms with Crippen LogP contribution >= 0.6 is 11.6 Å². The van der Waals surface area contributed by atoms with Crippen molar-refractivity contribution >= 4 is 23.4 Å². The number of aliphatic hydroxyl groups is 1. The summed E-state index contributed by atoms with van der Waals surface area (Å²) in [5, 5.41) is 19.8. The van der Waals surface area contributed by atoms with Crippen LogP contribution in [0.2, 0.25) is 5.02 Å². The van der Waals surface area contributed by atoms with Crippen molar-refractivity contribution in [2.24, 2.45) is 0 Å². The molecule has 134 valence electrons. The van der Waals surface area contributed by atoms with Gasteiger partial charge in [-0.3, -0.25) is 0 Å². The van der Waals surface area contributed by atoms with Crippen molar-refractivity contribution in [3.05, 3.63) is 58.6 Å². The number of amides is 1. The van der Waals surface area contributed by atoms with Crippen LogP contribution in [0.5, 0.6) is 5.75 Å². The van der Waals surface area contributed by atoms with Crippen molar-refractivity contribution in [3.8, 4) is 5.75 Å². The second-order valence-corrected chi connectivity index (χ2v) is 5.31. The molecule has 5 nitrogen and oxygen atoms in total. The highest BCUT2D eigenvalue weighted by Crippen LogP contribution is 2.36. The number of carboxylic acid groups (broad SMARTS) is 1. The maximum Gasteiger partial charge on any atom is 0.416 e. The van der Waals surface area contributed by atoms with E-state index in [1.165, 1.54) is 25.3 Å². The average Bonchev–Trinajstić information content (AvgIpc) is 2.54. The number of alkyl halides is 3. The number of nitrogens with zero attached hydrogens (tertiary/aromatic N) is 1. The predicted molar refractivity (Wildman–Crippen MR) is 84.9 cm³/mol. The summed E-state index contributed by atoms with van der Waals surface area (Å²) >= 11 is 6.07. The van der Waals surface area contributed by atoms with E-state index in [4.69, 9.17) is 16.3 Å².